The zero-order valence-electron chi connectivity index (χ0n) is 12.5. The van der Waals surface area contributed by atoms with E-state index in [1.807, 2.05) is 0 Å². The Morgan fingerprint density at radius 1 is 1.35 bits per heavy atom. The summed E-state index contributed by atoms with van der Waals surface area (Å²) >= 11 is 0. The van der Waals surface area contributed by atoms with Gasteiger partial charge in [0, 0.05) is 19.1 Å². The smallest absolute Gasteiger partial charge is 0.119 e. The second kappa shape index (κ2) is 6.59. The predicted octanol–water partition coefficient (Wildman–Crippen LogP) is 2.66. The lowest BCUT2D eigenvalue weighted by Gasteiger charge is -2.34. The third-order valence-corrected chi connectivity index (χ3v) is 4.52. The van der Waals surface area contributed by atoms with Gasteiger partial charge in [0.05, 0.1) is 6.61 Å². The number of ether oxygens (including phenoxy) is 1. The summed E-state index contributed by atoms with van der Waals surface area (Å²) in [6, 6.07) is 9.38. The summed E-state index contributed by atoms with van der Waals surface area (Å²) in [6.07, 6.45) is 3.71. The highest BCUT2D eigenvalue weighted by Gasteiger charge is 2.32. The molecule has 1 aromatic carbocycles. The van der Waals surface area contributed by atoms with E-state index in [4.69, 9.17) is 4.74 Å². The largest absolute Gasteiger partial charge is 0.494 e. The van der Waals surface area contributed by atoms with Crippen LogP contribution in [0.15, 0.2) is 24.3 Å². The lowest BCUT2D eigenvalue weighted by Crippen LogP contribution is -2.43. The zero-order valence-corrected chi connectivity index (χ0v) is 12.5. The van der Waals surface area contributed by atoms with Crippen LogP contribution in [0.1, 0.15) is 31.7 Å². The zero-order chi connectivity index (χ0) is 13.8. The molecule has 20 heavy (non-hydrogen) atoms. The van der Waals surface area contributed by atoms with Gasteiger partial charge in [-0.15, -0.1) is 0 Å². The molecular weight excluding hydrogens is 248 g/mol. The fraction of sp³-hybridized carbons (Fsp3) is 0.647. The molecule has 0 spiro atoms. The number of piperidine rings is 1. The fourth-order valence-corrected chi connectivity index (χ4v) is 3.48. The quantitative estimate of drug-likeness (QED) is 0.893. The Kier molecular flexibility index (Phi) is 4.58. The number of likely N-dealkylation sites (tertiary alicyclic amines) is 1. The van der Waals surface area contributed by atoms with Crippen molar-refractivity contribution in [2.24, 2.45) is 5.92 Å². The molecule has 3 nitrogen and oxygen atoms in total. The third-order valence-electron chi connectivity index (χ3n) is 4.52. The average Bonchev–Trinajstić information content (AvgIpc) is 2.93. The van der Waals surface area contributed by atoms with Gasteiger partial charge in [0.2, 0.25) is 0 Å². The minimum Gasteiger partial charge on any atom is -0.494 e. The number of fused-ring (bicyclic) bond motifs is 1. The number of nitrogens with one attached hydrogen (secondary N) is 1. The summed E-state index contributed by atoms with van der Waals surface area (Å²) in [4.78, 5) is 2.60. The number of nitrogens with zero attached hydrogens (tertiary/aromatic N) is 1. The van der Waals surface area contributed by atoms with E-state index in [0.29, 0.717) is 0 Å². The first-order valence-corrected chi connectivity index (χ1v) is 8.02. The Hall–Kier alpha value is -1.06. The van der Waals surface area contributed by atoms with Crippen molar-refractivity contribution in [1.82, 2.24) is 10.2 Å². The first-order valence-electron chi connectivity index (χ1n) is 8.02. The van der Waals surface area contributed by atoms with E-state index < -0.39 is 0 Å². The maximum Gasteiger partial charge on any atom is 0.119 e. The van der Waals surface area contributed by atoms with Gasteiger partial charge in [-0.1, -0.05) is 19.1 Å². The van der Waals surface area contributed by atoms with Gasteiger partial charge < -0.3 is 10.1 Å². The van der Waals surface area contributed by atoms with E-state index >= 15 is 0 Å². The first-order chi connectivity index (χ1) is 9.85. The molecule has 2 heterocycles. The normalized spacial score (nSPS) is 26.4. The highest BCUT2D eigenvalue weighted by Crippen LogP contribution is 2.26. The molecule has 2 unspecified atom stereocenters. The van der Waals surface area contributed by atoms with Crippen molar-refractivity contribution in [2.45, 2.75) is 38.8 Å². The highest BCUT2D eigenvalue weighted by atomic mass is 16.5. The molecule has 0 aliphatic carbocycles. The van der Waals surface area contributed by atoms with Crippen molar-refractivity contribution in [3.05, 3.63) is 29.8 Å². The maximum absolute atomic E-state index is 5.73. The molecule has 0 bridgehead atoms. The summed E-state index contributed by atoms with van der Waals surface area (Å²) < 4.78 is 5.73. The van der Waals surface area contributed by atoms with Gasteiger partial charge in [-0.3, -0.25) is 4.90 Å². The van der Waals surface area contributed by atoms with E-state index in [1.165, 1.54) is 38.0 Å². The van der Waals surface area contributed by atoms with Gasteiger partial charge in [0.15, 0.2) is 0 Å². The van der Waals surface area contributed by atoms with Crippen LogP contribution in [0.4, 0.5) is 0 Å². The van der Waals surface area contributed by atoms with Crippen molar-refractivity contribution in [3.8, 4) is 5.75 Å². The maximum atomic E-state index is 5.73. The minimum absolute atomic E-state index is 0.783. The van der Waals surface area contributed by atoms with E-state index in [-0.39, 0.29) is 0 Å². The van der Waals surface area contributed by atoms with Crippen LogP contribution in [-0.2, 0) is 6.54 Å². The van der Waals surface area contributed by atoms with Gasteiger partial charge in [0.1, 0.15) is 5.75 Å². The van der Waals surface area contributed by atoms with Crippen molar-refractivity contribution >= 4 is 0 Å². The highest BCUT2D eigenvalue weighted by molar-refractivity contribution is 5.28. The lowest BCUT2D eigenvalue weighted by molar-refractivity contribution is 0.156. The van der Waals surface area contributed by atoms with Gasteiger partial charge >= 0.3 is 0 Å². The van der Waals surface area contributed by atoms with Crippen molar-refractivity contribution in [3.63, 3.8) is 0 Å². The van der Waals surface area contributed by atoms with Crippen LogP contribution < -0.4 is 10.1 Å². The van der Waals surface area contributed by atoms with E-state index in [9.17, 15) is 0 Å². The van der Waals surface area contributed by atoms with Crippen LogP contribution in [0.2, 0.25) is 0 Å². The molecule has 110 valence electrons. The van der Waals surface area contributed by atoms with Crippen LogP contribution >= 0.6 is 0 Å². The van der Waals surface area contributed by atoms with Gasteiger partial charge in [-0.25, -0.2) is 0 Å². The molecule has 3 heteroatoms. The topological polar surface area (TPSA) is 24.5 Å². The Bertz CT molecular complexity index is 435. The minimum atomic E-state index is 0.783. The summed E-state index contributed by atoms with van der Waals surface area (Å²) in [5.74, 6) is 1.88. The lowest BCUT2D eigenvalue weighted by atomic mass is 9.93. The van der Waals surface area contributed by atoms with Gasteiger partial charge in [-0.05, 0) is 56.0 Å². The number of rotatable bonds is 5. The Morgan fingerprint density at radius 3 is 3.20 bits per heavy atom. The molecule has 0 aromatic heterocycles. The Balaban J connectivity index is 1.57. The van der Waals surface area contributed by atoms with E-state index in [1.54, 1.807) is 0 Å². The molecule has 0 radical (unpaired) electrons. The molecule has 0 saturated carbocycles. The number of benzene rings is 1. The van der Waals surface area contributed by atoms with E-state index in [0.717, 1.165) is 37.3 Å². The van der Waals surface area contributed by atoms with Crippen molar-refractivity contribution in [2.75, 3.05) is 26.2 Å². The molecule has 2 aliphatic heterocycles. The fourth-order valence-electron chi connectivity index (χ4n) is 3.48. The molecule has 1 aromatic rings. The standard InChI is InChI=1S/C17H26N2O/c1-2-10-20-16-5-3-4-14(11-16)12-19-9-7-17-15(13-19)6-8-18-17/h3-5,11,15,17-18H,2,6-10,12-13H2,1H3. The average molecular weight is 274 g/mol. The Labute approximate surface area is 122 Å². The van der Waals surface area contributed by atoms with Crippen LogP contribution in [0, 0.1) is 5.92 Å². The predicted molar refractivity (Wildman–Crippen MR) is 82.0 cm³/mol. The molecule has 1 N–H and O–H groups in total. The van der Waals surface area contributed by atoms with Crippen molar-refractivity contribution < 1.29 is 4.74 Å². The van der Waals surface area contributed by atoms with Crippen LogP contribution in [0.25, 0.3) is 0 Å². The monoisotopic (exact) mass is 274 g/mol. The molecule has 2 saturated heterocycles. The number of hydrogen-bond donors (Lipinski definition) is 1. The summed E-state index contributed by atoms with van der Waals surface area (Å²) in [6.45, 7) is 7.69. The Morgan fingerprint density at radius 2 is 2.30 bits per heavy atom. The second-order valence-electron chi connectivity index (χ2n) is 6.13. The molecule has 0 amide bonds. The van der Waals surface area contributed by atoms with Gasteiger partial charge in [-0.2, -0.15) is 0 Å². The molecule has 3 rings (SSSR count). The number of hydrogen-bond acceptors (Lipinski definition) is 3. The van der Waals surface area contributed by atoms with Crippen molar-refractivity contribution in [1.29, 1.82) is 0 Å². The first kappa shape index (κ1) is 13.9. The van der Waals surface area contributed by atoms with Gasteiger partial charge in [0.25, 0.3) is 0 Å². The van der Waals surface area contributed by atoms with E-state index in [2.05, 4.69) is 41.4 Å². The van der Waals surface area contributed by atoms with Crippen LogP contribution in [0.5, 0.6) is 5.75 Å². The summed E-state index contributed by atoms with van der Waals surface area (Å²) in [5, 5.41) is 3.63. The molecule has 2 atom stereocenters. The van der Waals surface area contributed by atoms with Crippen LogP contribution in [-0.4, -0.2) is 37.2 Å². The second-order valence-corrected chi connectivity index (χ2v) is 6.13. The summed E-state index contributed by atoms with van der Waals surface area (Å²) in [7, 11) is 0. The molecule has 2 aliphatic rings. The SMILES string of the molecule is CCCOc1cccc(CN2CCC3NCCC3C2)c1. The van der Waals surface area contributed by atoms with Crippen LogP contribution in [0.3, 0.4) is 0 Å². The molecular formula is C17H26N2O. The summed E-state index contributed by atoms with van der Waals surface area (Å²) in [5.41, 5.74) is 1.38. The molecule has 2 fully saturated rings. The third kappa shape index (κ3) is 3.33.